The van der Waals surface area contributed by atoms with Crippen molar-refractivity contribution in [3.05, 3.63) is 108 Å². The molecule has 0 unspecified atom stereocenters. The van der Waals surface area contributed by atoms with E-state index >= 15 is 0 Å². The molecule has 0 aliphatic heterocycles. The van der Waals surface area contributed by atoms with E-state index in [-0.39, 0.29) is 37.0 Å². The summed E-state index contributed by atoms with van der Waals surface area (Å²) in [5, 5.41) is 0.858. The quantitative estimate of drug-likeness (QED) is 0.172. The molecule has 0 atom stereocenters. The highest BCUT2D eigenvalue weighted by atomic mass is 19.3. The predicted octanol–water partition coefficient (Wildman–Crippen LogP) is 9.05. The van der Waals surface area contributed by atoms with Gasteiger partial charge >= 0.3 is 0 Å². The number of hydrogen-bond donors (Lipinski definition) is 1. The van der Waals surface area contributed by atoms with Crippen LogP contribution in [0.3, 0.4) is 0 Å². The Morgan fingerprint density at radius 3 is 2.39 bits per heavy atom. The average molecular weight is 597 g/mol. The van der Waals surface area contributed by atoms with Gasteiger partial charge in [-0.15, -0.1) is 0 Å². The lowest BCUT2D eigenvalue weighted by molar-refractivity contribution is -0.114. The summed E-state index contributed by atoms with van der Waals surface area (Å²) in [5.41, 5.74) is 10.5. The van der Waals surface area contributed by atoms with E-state index in [4.69, 9.17) is 14.9 Å². The first-order valence-electron chi connectivity index (χ1n) is 14.6. The van der Waals surface area contributed by atoms with Gasteiger partial charge in [-0.2, -0.15) is 0 Å². The number of hydrogen-bond acceptors (Lipinski definition) is 5. The number of pyridine rings is 1. The van der Waals surface area contributed by atoms with Crippen LogP contribution in [0.25, 0.3) is 39.3 Å². The molecule has 0 saturated heterocycles. The lowest BCUT2D eigenvalue weighted by Gasteiger charge is -2.28. The van der Waals surface area contributed by atoms with E-state index in [1.807, 2.05) is 42.5 Å². The van der Waals surface area contributed by atoms with Crippen LogP contribution < -0.4 is 10.5 Å². The SMILES string of the molecule is Nc1ccc(/C=C/C(=O)CCc2cc3cc(-c4ccc(OC5CCC(F)(F)CC5)cc4)cc(-c4ccc(F)cc4)c3o2)cn1. The number of aromatic nitrogens is 1. The van der Waals surface area contributed by atoms with E-state index in [1.165, 1.54) is 18.2 Å². The number of alkyl halides is 2. The topological polar surface area (TPSA) is 78.4 Å². The molecule has 0 spiro atoms. The van der Waals surface area contributed by atoms with Crippen LogP contribution in [-0.4, -0.2) is 22.8 Å². The van der Waals surface area contributed by atoms with Gasteiger partial charge < -0.3 is 14.9 Å². The summed E-state index contributed by atoms with van der Waals surface area (Å²) >= 11 is 0. The highest BCUT2D eigenvalue weighted by Gasteiger charge is 2.35. The molecule has 2 aromatic heterocycles. The zero-order chi connectivity index (χ0) is 30.7. The number of ketones is 1. The number of fused-ring (bicyclic) bond motifs is 1. The number of allylic oxidation sites excluding steroid dienone is 1. The molecule has 1 aliphatic rings. The van der Waals surface area contributed by atoms with Crippen LogP contribution in [-0.2, 0) is 11.2 Å². The van der Waals surface area contributed by atoms with Gasteiger partial charge in [-0.25, -0.2) is 18.2 Å². The zero-order valence-corrected chi connectivity index (χ0v) is 23.9. The number of carbonyl (C=O) groups excluding carboxylic acids is 1. The molecule has 2 heterocycles. The number of aryl methyl sites for hydroxylation is 1. The van der Waals surface area contributed by atoms with Crippen molar-refractivity contribution in [2.45, 2.75) is 50.6 Å². The van der Waals surface area contributed by atoms with E-state index in [9.17, 15) is 18.0 Å². The highest BCUT2D eigenvalue weighted by Crippen LogP contribution is 2.38. The van der Waals surface area contributed by atoms with Crippen molar-refractivity contribution in [3.63, 3.8) is 0 Å². The number of nitrogens with two attached hydrogens (primary N) is 1. The van der Waals surface area contributed by atoms with Gasteiger partial charge in [-0.3, -0.25) is 4.79 Å². The Morgan fingerprint density at radius 2 is 1.68 bits per heavy atom. The van der Waals surface area contributed by atoms with E-state index in [0.717, 1.165) is 33.2 Å². The monoisotopic (exact) mass is 596 g/mol. The number of furan rings is 1. The Labute approximate surface area is 253 Å². The normalized spacial score (nSPS) is 15.2. The van der Waals surface area contributed by atoms with Gasteiger partial charge in [0, 0.05) is 42.8 Å². The number of ether oxygens (including phenoxy) is 1. The third-order valence-corrected chi connectivity index (χ3v) is 7.87. The Hall–Kier alpha value is -4.85. The maximum Gasteiger partial charge on any atom is 0.248 e. The number of carbonyl (C=O) groups is 1. The van der Waals surface area contributed by atoms with E-state index in [0.29, 0.717) is 42.2 Å². The summed E-state index contributed by atoms with van der Waals surface area (Å²) in [6.45, 7) is 0. The molecule has 0 amide bonds. The van der Waals surface area contributed by atoms with Crippen molar-refractivity contribution in [1.29, 1.82) is 0 Å². The smallest absolute Gasteiger partial charge is 0.248 e. The molecule has 0 bridgehead atoms. The number of nitrogen functional groups attached to an aromatic ring is 1. The zero-order valence-electron chi connectivity index (χ0n) is 23.9. The maximum absolute atomic E-state index is 13.8. The molecule has 1 aliphatic carbocycles. The van der Waals surface area contributed by atoms with E-state index < -0.39 is 5.92 Å². The van der Waals surface area contributed by atoms with Crippen LogP contribution in [0.1, 0.15) is 43.4 Å². The van der Waals surface area contributed by atoms with Gasteiger partial charge in [0.1, 0.15) is 28.7 Å². The molecule has 1 saturated carbocycles. The molecule has 5 aromatic rings. The molecule has 3 aromatic carbocycles. The molecule has 8 heteroatoms. The fraction of sp³-hybridized carbons (Fsp3) is 0.222. The number of nitrogens with zero attached hydrogens (tertiary/aromatic N) is 1. The summed E-state index contributed by atoms with van der Waals surface area (Å²) in [4.78, 5) is 16.6. The first-order valence-corrected chi connectivity index (χ1v) is 14.6. The largest absolute Gasteiger partial charge is 0.490 e. The lowest BCUT2D eigenvalue weighted by atomic mass is 9.94. The van der Waals surface area contributed by atoms with Crippen molar-refractivity contribution < 1.29 is 27.1 Å². The standard InChI is InChI=1S/C36H31F3N2O3/c37-28-7-3-25(4-8-28)33-21-26(24-5-11-30(12-6-24)43-31-15-17-36(38,39)18-16-31)19-27-20-32(44-35(27)33)13-10-29(42)9-1-23-2-14-34(40)41-22-23/h1-9,11-12,14,19-22,31H,10,13,15-18H2,(H2,40,41)/b9-1+. The van der Waals surface area contributed by atoms with Gasteiger partial charge in [-0.1, -0.05) is 24.3 Å². The summed E-state index contributed by atoms with van der Waals surface area (Å²) < 4.78 is 53.0. The van der Waals surface area contributed by atoms with Crippen LogP contribution in [0.5, 0.6) is 5.75 Å². The molecule has 5 nitrogen and oxygen atoms in total. The van der Waals surface area contributed by atoms with Crippen LogP contribution in [0.2, 0.25) is 0 Å². The molecule has 0 radical (unpaired) electrons. The van der Waals surface area contributed by atoms with Gasteiger partial charge in [0.05, 0.1) is 6.10 Å². The third-order valence-electron chi connectivity index (χ3n) is 7.87. The fourth-order valence-electron chi connectivity index (χ4n) is 5.42. The van der Waals surface area contributed by atoms with Crippen molar-refractivity contribution in [2.75, 3.05) is 5.73 Å². The minimum atomic E-state index is -2.60. The van der Waals surface area contributed by atoms with Gasteiger partial charge in [0.15, 0.2) is 5.78 Å². The van der Waals surface area contributed by atoms with Crippen LogP contribution >= 0.6 is 0 Å². The molecular formula is C36H31F3N2O3. The van der Waals surface area contributed by atoms with Gasteiger partial charge in [0.2, 0.25) is 5.92 Å². The first-order chi connectivity index (χ1) is 21.2. The third kappa shape index (κ3) is 7.02. The summed E-state index contributed by atoms with van der Waals surface area (Å²) in [6, 6.07) is 23.2. The molecular weight excluding hydrogens is 565 g/mol. The Balaban J connectivity index is 1.22. The maximum atomic E-state index is 13.8. The van der Waals surface area contributed by atoms with E-state index in [1.54, 1.807) is 36.5 Å². The summed E-state index contributed by atoms with van der Waals surface area (Å²) in [6.07, 6.45) is 5.64. The van der Waals surface area contributed by atoms with Gasteiger partial charge in [-0.05, 0) is 102 Å². The van der Waals surface area contributed by atoms with Crippen molar-refractivity contribution in [1.82, 2.24) is 4.98 Å². The summed E-state index contributed by atoms with van der Waals surface area (Å²) in [7, 11) is 0. The molecule has 1 fully saturated rings. The van der Waals surface area contributed by atoms with Crippen LogP contribution in [0, 0.1) is 5.82 Å². The first kappa shape index (κ1) is 29.2. The average Bonchev–Trinajstić information content (AvgIpc) is 3.44. The minimum absolute atomic E-state index is 0.0500. The second-order valence-corrected chi connectivity index (χ2v) is 11.2. The number of rotatable bonds is 9. The van der Waals surface area contributed by atoms with Crippen molar-refractivity contribution in [2.24, 2.45) is 0 Å². The van der Waals surface area contributed by atoms with Crippen molar-refractivity contribution >= 4 is 28.6 Å². The molecule has 2 N–H and O–H groups in total. The number of benzene rings is 3. The second kappa shape index (κ2) is 12.4. The van der Waals surface area contributed by atoms with Crippen molar-refractivity contribution in [3.8, 4) is 28.0 Å². The van der Waals surface area contributed by atoms with Crippen LogP contribution in [0.4, 0.5) is 19.0 Å². The lowest BCUT2D eigenvalue weighted by Crippen LogP contribution is -2.30. The summed E-state index contributed by atoms with van der Waals surface area (Å²) in [5.74, 6) is -1.26. The molecule has 44 heavy (non-hydrogen) atoms. The Kier molecular flexibility index (Phi) is 8.24. The molecule has 6 rings (SSSR count). The highest BCUT2D eigenvalue weighted by molar-refractivity contribution is 5.97. The number of anilines is 1. The van der Waals surface area contributed by atoms with Gasteiger partial charge in [0.25, 0.3) is 0 Å². The fourth-order valence-corrected chi connectivity index (χ4v) is 5.42. The predicted molar refractivity (Wildman–Crippen MR) is 166 cm³/mol. The molecule has 224 valence electrons. The van der Waals surface area contributed by atoms with Crippen LogP contribution in [0.15, 0.2) is 95.6 Å². The Morgan fingerprint density at radius 1 is 0.955 bits per heavy atom. The van der Waals surface area contributed by atoms with E-state index in [2.05, 4.69) is 4.98 Å². The minimum Gasteiger partial charge on any atom is -0.490 e. The number of halogens is 3. The Bertz CT molecular complexity index is 1780. The second-order valence-electron chi connectivity index (χ2n) is 11.2.